The molecule has 1 aromatic rings. The first-order chi connectivity index (χ1) is 9.81. The molecule has 21 heavy (non-hydrogen) atoms. The monoisotopic (exact) mass is 311 g/mol. The highest BCUT2D eigenvalue weighted by Crippen LogP contribution is 2.38. The normalized spacial score (nSPS) is 25.8. The van der Waals surface area contributed by atoms with Crippen LogP contribution in [0, 0.1) is 5.41 Å². The maximum atomic E-state index is 12.5. The Morgan fingerprint density at radius 1 is 1.38 bits per heavy atom. The topological polar surface area (TPSA) is 101 Å². The predicted octanol–water partition coefficient (Wildman–Crippen LogP) is 1.05. The summed E-state index contributed by atoms with van der Waals surface area (Å²) in [5.74, 6) is -0.230. The van der Waals surface area contributed by atoms with Crippen LogP contribution in [0.2, 0.25) is 0 Å². The van der Waals surface area contributed by atoms with Gasteiger partial charge in [-0.05, 0) is 38.9 Å². The minimum absolute atomic E-state index is 0.0519. The van der Waals surface area contributed by atoms with E-state index in [2.05, 4.69) is 10.0 Å². The number of amides is 1. The van der Waals surface area contributed by atoms with Gasteiger partial charge in [0, 0.05) is 6.04 Å². The molecule has 6 nitrogen and oxygen atoms in total. The third-order valence-corrected chi connectivity index (χ3v) is 5.71. The molecule has 116 valence electrons. The predicted molar refractivity (Wildman–Crippen MR) is 81.3 cm³/mol. The number of nitrogens with one attached hydrogen (secondary N) is 2. The summed E-state index contributed by atoms with van der Waals surface area (Å²) >= 11 is 0. The van der Waals surface area contributed by atoms with E-state index in [1.54, 1.807) is 18.2 Å². The first kappa shape index (κ1) is 15.9. The lowest BCUT2D eigenvalue weighted by atomic mass is 9.84. The summed E-state index contributed by atoms with van der Waals surface area (Å²) in [5.41, 5.74) is 5.65. The van der Waals surface area contributed by atoms with Crippen LogP contribution in [-0.2, 0) is 14.8 Å². The van der Waals surface area contributed by atoms with Crippen LogP contribution in [0.4, 0.5) is 5.69 Å². The van der Waals surface area contributed by atoms with Gasteiger partial charge >= 0.3 is 0 Å². The average molecular weight is 311 g/mol. The zero-order valence-electron chi connectivity index (χ0n) is 12.2. The summed E-state index contributed by atoms with van der Waals surface area (Å²) in [6.45, 7) is 1.83. The molecule has 0 spiro atoms. The average Bonchev–Trinajstić information content (AvgIpc) is 2.80. The Kier molecular flexibility index (Phi) is 4.36. The van der Waals surface area contributed by atoms with Gasteiger partial charge in [-0.1, -0.05) is 18.6 Å². The molecule has 1 aromatic carbocycles. The van der Waals surface area contributed by atoms with E-state index in [0.29, 0.717) is 6.42 Å². The van der Waals surface area contributed by atoms with Crippen molar-refractivity contribution >= 4 is 21.6 Å². The standard InChI is InChI=1S/C14H21N3O3S/c1-14(9-5-8-12(14)15)13(18)17-10-6-3-4-7-11(10)21(19,20)16-2/h3-4,6-7,12,16H,5,8-9,15H2,1-2H3,(H,17,18). The lowest BCUT2D eigenvalue weighted by molar-refractivity contribution is -0.125. The minimum atomic E-state index is -3.63. The summed E-state index contributed by atoms with van der Waals surface area (Å²) in [7, 11) is -2.29. The van der Waals surface area contributed by atoms with E-state index in [9.17, 15) is 13.2 Å². The van der Waals surface area contributed by atoms with Crippen LogP contribution in [0.3, 0.4) is 0 Å². The van der Waals surface area contributed by atoms with Gasteiger partial charge in [-0.15, -0.1) is 0 Å². The summed E-state index contributed by atoms with van der Waals surface area (Å²) < 4.78 is 26.2. The van der Waals surface area contributed by atoms with Gasteiger partial charge in [-0.2, -0.15) is 0 Å². The molecule has 1 aliphatic carbocycles. The van der Waals surface area contributed by atoms with Crippen molar-refractivity contribution < 1.29 is 13.2 Å². The SMILES string of the molecule is CNS(=O)(=O)c1ccccc1NC(=O)C1(C)CCCC1N. The second kappa shape index (κ2) is 5.75. The fourth-order valence-electron chi connectivity index (χ4n) is 2.65. The van der Waals surface area contributed by atoms with E-state index in [1.807, 2.05) is 6.92 Å². The van der Waals surface area contributed by atoms with E-state index < -0.39 is 15.4 Å². The molecule has 2 atom stereocenters. The lowest BCUT2D eigenvalue weighted by Crippen LogP contribution is -2.44. The molecule has 1 amide bonds. The molecule has 0 saturated heterocycles. The molecule has 0 radical (unpaired) electrons. The molecule has 1 aliphatic rings. The minimum Gasteiger partial charge on any atom is -0.327 e. The van der Waals surface area contributed by atoms with Gasteiger partial charge in [0.1, 0.15) is 4.90 Å². The highest BCUT2D eigenvalue weighted by atomic mass is 32.2. The Morgan fingerprint density at radius 2 is 2.05 bits per heavy atom. The molecule has 1 fully saturated rings. The molecule has 2 unspecified atom stereocenters. The summed E-state index contributed by atoms with van der Waals surface area (Å²) in [5, 5.41) is 2.73. The molecule has 1 saturated carbocycles. The van der Waals surface area contributed by atoms with Crippen molar-refractivity contribution in [2.24, 2.45) is 11.1 Å². The maximum Gasteiger partial charge on any atom is 0.242 e. The number of benzene rings is 1. The number of para-hydroxylation sites is 1. The number of carbonyl (C=O) groups excluding carboxylic acids is 1. The smallest absolute Gasteiger partial charge is 0.242 e. The Balaban J connectivity index is 2.31. The van der Waals surface area contributed by atoms with E-state index in [0.717, 1.165) is 12.8 Å². The summed E-state index contributed by atoms with van der Waals surface area (Å²) in [6, 6.07) is 6.12. The van der Waals surface area contributed by atoms with Crippen molar-refractivity contribution in [1.82, 2.24) is 4.72 Å². The first-order valence-corrected chi connectivity index (χ1v) is 8.39. The van der Waals surface area contributed by atoms with Gasteiger partial charge in [-0.3, -0.25) is 4.79 Å². The van der Waals surface area contributed by atoms with Crippen molar-refractivity contribution in [2.45, 2.75) is 37.1 Å². The zero-order chi connectivity index (χ0) is 15.7. The Morgan fingerprint density at radius 3 is 2.62 bits per heavy atom. The third kappa shape index (κ3) is 2.95. The second-order valence-electron chi connectivity index (χ2n) is 5.57. The largest absolute Gasteiger partial charge is 0.327 e. The quantitative estimate of drug-likeness (QED) is 0.773. The zero-order valence-corrected chi connectivity index (χ0v) is 13.0. The van der Waals surface area contributed by atoms with Crippen LogP contribution in [0.15, 0.2) is 29.2 Å². The molecule has 0 heterocycles. The van der Waals surface area contributed by atoms with Crippen LogP contribution in [0.1, 0.15) is 26.2 Å². The van der Waals surface area contributed by atoms with Gasteiger partial charge < -0.3 is 11.1 Å². The third-order valence-electron chi connectivity index (χ3n) is 4.24. The molecule has 7 heteroatoms. The number of nitrogens with two attached hydrogens (primary N) is 1. The number of hydrogen-bond acceptors (Lipinski definition) is 4. The maximum absolute atomic E-state index is 12.5. The van der Waals surface area contributed by atoms with E-state index in [-0.39, 0.29) is 22.5 Å². The molecule has 2 rings (SSSR count). The highest BCUT2D eigenvalue weighted by Gasteiger charge is 2.43. The number of carbonyl (C=O) groups is 1. The fourth-order valence-corrected chi connectivity index (χ4v) is 3.54. The van der Waals surface area contributed by atoms with Crippen molar-refractivity contribution in [3.8, 4) is 0 Å². The number of sulfonamides is 1. The number of hydrogen-bond donors (Lipinski definition) is 3. The van der Waals surface area contributed by atoms with Crippen LogP contribution >= 0.6 is 0 Å². The van der Waals surface area contributed by atoms with E-state index >= 15 is 0 Å². The van der Waals surface area contributed by atoms with Gasteiger partial charge in [0.25, 0.3) is 0 Å². The van der Waals surface area contributed by atoms with Crippen molar-refractivity contribution in [2.75, 3.05) is 12.4 Å². The molecular weight excluding hydrogens is 290 g/mol. The Bertz CT molecular complexity index is 645. The van der Waals surface area contributed by atoms with E-state index in [1.165, 1.54) is 13.1 Å². The summed E-state index contributed by atoms with van der Waals surface area (Å²) in [6.07, 6.45) is 2.42. The van der Waals surface area contributed by atoms with Gasteiger partial charge in [0.05, 0.1) is 11.1 Å². The van der Waals surface area contributed by atoms with Gasteiger partial charge in [0.15, 0.2) is 0 Å². The highest BCUT2D eigenvalue weighted by molar-refractivity contribution is 7.89. The van der Waals surface area contributed by atoms with E-state index in [4.69, 9.17) is 5.73 Å². The van der Waals surface area contributed by atoms with Crippen LogP contribution in [0.25, 0.3) is 0 Å². The molecule has 0 aliphatic heterocycles. The van der Waals surface area contributed by atoms with Crippen LogP contribution in [0.5, 0.6) is 0 Å². The molecule has 0 aromatic heterocycles. The van der Waals surface area contributed by atoms with Crippen molar-refractivity contribution in [1.29, 1.82) is 0 Å². The molecule has 4 N–H and O–H groups in total. The van der Waals surface area contributed by atoms with Crippen molar-refractivity contribution in [3.63, 3.8) is 0 Å². The molecular formula is C14H21N3O3S. The number of anilines is 1. The van der Waals surface area contributed by atoms with Gasteiger partial charge in [-0.25, -0.2) is 13.1 Å². The second-order valence-corrected chi connectivity index (χ2v) is 7.43. The van der Waals surface area contributed by atoms with Crippen LogP contribution in [-0.4, -0.2) is 27.4 Å². The summed E-state index contributed by atoms with van der Waals surface area (Å²) in [4.78, 5) is 12.6. The lowest BCUT2D eigenvalue weighted by Gasteiger charge is -2.27. The van der Waals surface area contributed by atoms with Crippen molar-refractivity contribution in [3.05, 3.63) is 24.3 Å². The number of rotatable bonds is 4. The fraction of sp³-hybridized carbons (Fsp3) is 0.500. The van der Waals surface area contributed by atoms with Crippen LogP contribution < -0.4 is 15.8 Å². The Labute approximate surface area is 125 Å². The van der Waals surface area contributed by atoms with Gasteiger partial charge in [0.2, 0.25) is 15.9 Å². The first-order valence-electron chi connectivity index (χ1n) is 6.91. The Hall–Kier alpha value is -1.44. The molecule has 0 bridgehead atoms.